The van der Waals surface area contributed by atoms with Crippen LogP contribution in [0.1, 0.15) is 46.0 Å². The van der Waals surface area contributed by atoms with Gasteiger partial charge in [0.2, 0.25) is 0 Å². The van der Waals surface area contributed by atoms with Gasteiger partial charge in [-0.25, -0.2) is 0 Å². The van der Waals surface area contributed by atoms with E-state index in [1.54, 1.807) is 0 Å². The highest BCUT2D eigenvalue weighted by molar-refractivity contribution is 5.82. The molecule has 2 nitrogen and oxygen atoms in total. The van der Waals surface area contributed by atoms with Crippen LogP contribution in [-0.4, -0.2) is 36.5 Å². The van der Waals surface area contributed by atoms with E-state index in [0.29, 0.717) is 25.9 Å². The SMILES string of the molecule is CC1(C)CCC(=O)C(CN2CCCC(C(F)(F)F)C2)C1. The summed E-state index contributed by atoms with van der Waals surface area (Å²) in [7, 11) is 0. The van der Waals surface area contributed by atoms with Crippen molar-refractivity contribution in [3.63, 3.8) is 0 Å². The molecule has 0 radical (unpaired) electrons. The maximum absolute atomic E-state index is 12.8. The maximum Gasteiger partial charge on any atom is 0.393 e. The normalized spacial score (nSPS) is 32.4. The van der Waals surface area contributed by atoms with Crippen molar-refractivity contribution in [3.05, 3.63) is 0 Å². The second-order valence-electron chi connectivity index (χ2n) is 7.17. The topological polar surface area (TPSA) is 20.3 Å². The minimum atomic E-state index is -4.10. The first-order chi connectivity index (χ1) is 9.17. The summed E-state index contributed by atoms with van der Waals surface area (Å²) < 4.78 is 38.4. The first kappa shape index (κ1) is 15.8. The number of alkyl halides is 3. The molecule has 2 aliphatic rings. The lowest BCUT2D eigenvalue weighted by Gasteiger charge is -2.39. The van der Waals surface area contributed by atoms with Crippen molar-refractivity contribution in [2.24, 2.45) is 17.3 Å². The number of ketones is 1. The molecule has 2 fully saturated rings. The van der Waals surface area contributed by atoms with Crippen molar-refractivity contribution in [3.8, 4) is 0 Å². The Labute approximate surface area is 118 Å². The van der Waals surface area contributed by atoms with Crippen LogP contribution in [0.2, 0.25) is 0 Å². The van der Waals surface area contributed by atoms with Gasteiger partial charge in [0.05, 0.1) is 5.92 Å². The van der Waals surface area contributed by atoms with Gasteiger partial charge in [-0.05, 0) is 37.6 Å². The minimum Gasteiger partial charge on any atom is -0.302 e. The highest BCUT2D eigenvalue weighted by atomic mass is 19.4. The number of piperidine rings is 1. The van der Waals surface area contributed by atoms with Gasteiger partial charge in [-0.2, -0.15) is 13.2 Å². The average Bonchev–Trinajstić information content (AvgIpc) is 2.33. The molecule has 0 N–H and O–H groups in total. The number of rotatable bonds is 2. The molecular weight excluding hydrogens is 267 g/mol. The zero-order valence-corrected chi connectivity index (χ0v) is 12.3. The molecule has 5 heteroatoms. The van der Waals surface area contributed by atoms with E-state index >= 15 is 0 Å². The second-order valence-corrected chi connectivity index (χ2v) is 7.17. The van der Waals surface area contributed by atoms with Crippen LogP contribution in [0.15, 0.2) is 0 Å². The van der Waals surface area contributed by atoms with Crippen LogP contribution >= 0.6 is 0 Å². The smallest absolute Gasteiger partial charge is 0.302 e. The summed E-state index contributed by atoms with van der Waals surface area (Å²) >= 11 is 0. The molecule has 1 saturated heterocycles. The summed E-state index contributed by atoms with van der Waals surface area (Å²) in [4.78, 5) is 13.8. The van der Waals surface area contributed by atoms with Crippen molar-refractivity contribution in [1.82, 2.24) is 4.90 Å². The fraction of sp³-hybridized carbons (Fsp3) is 0.933. The molecule has 1 aliphatic heterocycles. The highest BCUT2D eigenvalue weighted by Gasteiger charge is 2.43. The van der Waals surface area contributed by atoms with Gasteiger partial charge in [0.15, 0.2) is 0 Å². The summed E-state index contributed by atoms with van der Waals surface area (Å²) in [6.07, 6.45) is -1.02. The van der Waals surface area contributed by atoms with Crippen LogP contribution in [0.5, 0.6) is 0 Å². The summed E-state index contributed by atoms with van der Waals surface area (Å²) in [6.45, 7) is 5.54. The van der Waals surface area contributed by atoms with Crippen molar-refractivity contribution < 1.29 is 18.0 Å². The van der Waals surface area contributed by atoms with Gasteiger partial charge in [-0.1, -0.05) is 13.8 Å². The van der Waals surface area contributed by atoms with Gasteiger partial charge in [-0.3, -0.25) is 4.79 Å². The Morgan fingerprint density at radius 3 is 2.70 bits per heavy atom. The third-order valence-corrected chi connectivity index (χ3v) is 4.75. The molecule has 20 heavy (non-hydrogen) atoms. The standard InChI is InChI=1S/C15H24F3NO/c1-14(2)6-5-13(20)11(8-14)9-19-7-3-4-12(10-19)15(16,17)18/h11-12H,3-10H2,1-2H3. The number of hydrogen-bond acceptors (Lipinski definition) is 2. The van der Waals surface area contributed by atoms with E-state index in [9.17, 15) is 18.0 Å². The predicted molar refractivity (Wildman–Crippen MR) is 71.3 cm³/mol. The summed E-state index contributed by atoms with van der Waals surface area (Å²) in [5.74, 6) is -1.06. The molecular formula is C15H24F3NO. The van der Waals surface area contributed by atoms with Crippen LogP contribution in [0.3, 0.4) is 0 Å². The maximum atomic E-state index is 12.8. The number of Topliss-reactive ketones (excluding diaryl/α,β-unsaturated/α-hetero) is 1. The quantitative estimate of drug-likeness (QED) is 0.774. The average molecular weight is 291 g/mol. The zero-order chi connectivity index (χ0) is 15.0. The molecule has 2 atom stereocenters. The molecule has 116 valence electrons. The van der Waals surface area contributed by atoms with E-state index in [-0.39, 0.29) is 30.1 Å². The summed E-state index contributed by atoms with van der Waals surface area (Å²) in [6, 6.07) is 0. The number of nitrogens with zero attached hydrogens (tertiary/aromatic N) is 1. The number of carbonyl (C=O) groups excluding carboxylic acids is 1. The van der Waals surface area contributed by atoms with Gasteiger partial charge in [0.25, 0.3) is 0 Å². The van der Waals surface area contributed by atoms with Gasteiger partial charge in [0.1, 0.15) is 5.78 Å². The van der Waals surface area contributed by atoms with E-state index < -0.39 is 12.1 Å². The molecule has 2 rings (SSSR count). The van der Waals surface area contributed by atoms with Crippen LogP contribution in [0, 0.1) is 17.3 Å². The van der Waals surface area contributed by atoms with Crippen LogP contribution in [0.4, 0.5) is 13.2 Å². The lowest BCUT2D eigenvalue weighted by Crippen LogP contribution is -2.46. The minimum absolute atomic E-state index is 0.0632. The summed E-state index contributed by atoms with van der Waals surface area (Å²) in [5.41, 5.74) is 0.137. The Morgan fingerprint density at radius 2 is 2.05 bits per heavy atom. The monoisotopic (exact) mass is 291 g/mol. The van der Waals surface area contributed by atoms with E-state index in [2.05, 4.69) is 13.8 Å². The molecule has 2 unspecified atom stereocenters. The third kappa shape index (κ3) is 3.96. The molecule has 0 aromatic rings. The molecule has 0 spiro atoms. The van der Waals surface area contributed by atoms with Crippen LogP contribution < -0.4 is 0 Å². The van der Waals surface area contributed by atoms with E-state index in [0.717, 1.165) is 12.8 Å². The Kier molecular flexibility index (Phi) is 4.47. The first-order valence-electron chi connectivity index (χ1n) is 7.49. The van der Waals surface area contributed by atoms with Gasteiger partial charge in [0, 0.05) is 25.4 Å². The first-order valence-corrected chi connectivity index (χ1v) is 7.49. The molecule has 0 amide bonds. The number of carbonyl (C=O) groups is 1. The number of halogens is 3. The van der Waals surface area contributed by atoms with Gasteiger partial charge < -0.3 is 4.90 Å². The van der Waals surface area contributed by atoms with Crippen molar-refractivity contribution in [2.75, 3.05) is 19.6 Å². The number of hydrogen-bond donors (Lipinski definition) is 0. The Hall–Kier alpha value is -0.580. The molecule has 0 aromatic carbocycles. The second kappa shape index (κ2) is 5.66. The molecule has 0 bridgehead atoms. The fourth-order valence-corrected chi connectivity index (χ4v) is 3.52. The predicted octanol–water partition coefficient (Wildman–Crippen LogP) is 3.66. The summed E-state index contributed by atoms with van der Waals surface area (Å²) in [5, 5.41) is 0. The van der Waals surface area contributed by atoms with Crippen molar-refractivity contribution in [2.45, 2.75) is 52.1 Å². The zero-order valence-electron chi connectivity index (χ0n) is 12.3. The van der Waals surface area contributed by atoms with Crippen molar-refractivity contribution in [1.29, 1.82) is 0 Å². The molecule has 1 heterocycles. The van der Waals surface area contributed by atoms with Gasteiger partial charge >= 0.3 is 6.18 Å². The molecule has 1 saturated carbocycles. The third-order valence-electron chi connectivity index (χ3n) is 4.75. The lowest BCUT2D eigenvalue weighted by atomic mass is 9.71. The van der Waals surface area contributed by atoms with E-state index in [4.69, 9.17) is 0 Å². The van der Waals surface area contributed by atoms with Crippen LogP contribution in [0.25, 0.3) is 0 Å². The lowest BCUT2D eigenvalue weighted by molar-refractivity contribution is -0.187. The van der Waals surface area contributed by atoms with Crippen molar-refractivity contribution >= 4 is 5.78 Å². The van der Waals surface area contributed by atoms with E-state index in [1.807, 2.05) is 4.90 Å². The number of likely N-dealkylation sites (tertiary alicyclic amines) is 1. The Balaban J connectivity index is 1.93. The molecule has 0 aromatic heterocycles. The molecule has 1 aliphatic carbocycles. The fourth-order valence-electron chi connectivity index (χ4n) is 3.52. The highest BCUT2D eigenvalue weighted by Crippen LogP contribution is 2.38. The van der Waals surface area contributed by atoms with Gasteiger partial charge in [-0.15, -0.1) is 0 Å². The Bertz CT molecular complexity index is 365. The van der Waals surface area contributed by atoms with E-state index in [1.165, 1.54) is 0 Å². The largest absolute Gasteiger partial charge is 0.393 e. The van der Waals surface area contributed by atoms with Crippen LogP contribution in [-0.2, 0) is 4.79 Å². The Morgan fingerprint density at radius 1 is 1.35 bits per heavy atom.